The molecule has 2 rings (SSSR count). The second-order valence-corrected chi connectivity index (χ2v) is 5.25. The third kappa shape index (κ3) is 3.51. The summed E-state index contributed by atoms with van der Waals surface area (Å²) in [6, 6.07) is 11.9. The molecule has 0 spiro atoms. The van der Waals surface area contributed by atoms with E-state index in [1.165, 1.54) is 19.2 Å². The zero-order valence-electron chi connectivity index (χ0n) is 13.5. The Morgan fingerprint density at radius 1 is 1.17 bits per heavy atom. The molecule has 2 aromatic rings. The molecule has 0 aliphatic carbocycles. The van der Waals surface area contributed by atoms with Crippen LogP contribution in [0.3, 0.4) is 0 Å². The van der Waals surface area contributed by atoms with Crippen molar-refractivity contribution in [2.24, 2.45) is 0 Å². The monoisotopic (exact) mass is 329 g/mol. The SMILES string of the molecule is CCC(CNC(=O)c1ccc(OC)nn1)(C(=O)O)c1ccccc1. The van der Waals surface area contributed by atoms with Gasteiger partial charge in [0.25, 0.3) is 5.91 Å². The number of carboxylic acids is 1. The maximum atomic E-state index is 12.2. The molecule has 0 aliphatic rings. The summed E-state index contributed by atoms with van der Waals surface area (Å²) in [5.74, 6) is -1.18. The Morgan fingerprint density at radius 2 is 1.88 bits per heavy atom. The van der Waals surface area contributed by atoms with Gasteiger partial charge in [0.05, 0.1) is 7.11 Å². The largest absolute Gasteiger partial charge is 0.481 e. The number of carbonyl (C=O) groups is 2. The molecule has 1 aromatic heterocycles. The third-order valence-electron chi connectivity index (χ3n) is 3.97. The van der Waals surface area contributed by atoms with E-state index in [4.69, 9.17) is 4.74 Å². The van der Waals surface area contributed by atoms with E-state index < -0.39 is 17.3 Å². The second-order valence-electron chi connectivity index (χ2n) is 5.25. The summed E-state index contributed by atoms with van der Waals surface area (Å²) in [6.07, 6.45) is 0.334. The van der Waals surface area contributed by atoms with Crippen LogP contribution >= 0.6 is 0 Å². The summed E-state index contributed by atoms with van der Waals surface area (Å²) in [5.41, 5.74) is -0.461. The number of hydrogen-bond acceptors (Lipinski definition) is 5. The first kappa shape index (κ1) is 17.4. The lowest BCUT2D eigenvalue weighted by Crippen LogP contribution is -2.46. The van der Waals surface area contributed by atoms with Gasteiger partial charge in [-0.05, 0) is 18.1 Å². The van der Waals surface area contributed by atoms with Gasteiger partial charge in [-0.3, -0.25) is 9.59 Å². The molecule has 7 heteroatoms. The minimum absolute atomic E-state index is 0.0462. The molecule has 0 saturated carbocycles. The Labute approximate surface area is 139 Å². The van der Waals surface area contributed by atoms with Crippen LogP contribution in [-0.2, 0) is 10.2 Å². The van der Waals surface area contributed by atoms with Gasteiger partial charge in [-0.2, -0.15) is 0 Å². The van der Waals surface area contributed by atoms with E-state index in [1.54, 1.807) is 31.2 Å². The van der Waals surface area contributed by atoms with Crippen LogP contribution in [0.25, 0.3) is 0 Å². The number of methoxy groups -OCH3 is 1. The molecule has 1 aromatic carbocycles. The van der Waals surface area contributed by atoms with Crippen molar-refractivity contribution in [1.82, 2.24) is 15.5 Å². The molecule has 0 saturated heterocycles. The molecule has 24 heavy (non-hydrogen) atoms. The molecule has 0 aliphatic heterocycles. The fourth-order valence-electron chi connectivity index (χ4n) is 2.41. The molecule has 7 nitrogen and oxygen atoms in total. The van der Waals surface area contributed by atoms with Crippen LogP contribution in [0, 0.1) is 0 Å². The van der Waals surface area contributed by atoms with E-state index in [-0.39, 0.29) is 12.2 Å². The zero-order valence-corrected chi connectivity index (χ0v) is 13.5. The first-order valence-corrected chi connectivity index (χ1v) is 7.48. The molecule has 0 fully saturated rings. The standard InChI is InChI=1S/C17H19N3O4/c1-3-17(16(22)23,12-7-5-4-6-8-12)11-18-15(21)13-9-10-14(24-2)20-19-13/h4-10H,3,11H2,1-2H3,(H,18,21)(H,22,23). The van der Waals surface area contributed by atoms with Gasteiger partial charge in [-0.15, -0.1) is 10.2 Å². The Balaban J connectivity index is 2.18. The number of aliphatic carboxylic acids is 1. The number of aromatic nitrogens is 2. The smallest absolute Gasteiger partial charge is 0.315 e. The summed E-state index contributed by atoms with van der Waals surface area (Å²) < 4.78 is 4.89. The molecule has 0 radical (unpaired) electrons. The van der Waals surface area contributed by atoms with Crippen LogP contribution < -0.4 is 10.1 Å². The van der Waals surface area contributed by atoms with E-state index in [9.17, 15) is 14.7 Å². The number of rotatable bonds is 7. The van der Waals surface area contributed by atoms with E-state index in [0.717, 1.165) is 0 Å². The van der Waals surface area contributed by atoms with Gasteiger partial charge < -0.3 is 15.2 Å². The Kier molecular flexibility index (Phi) is 5.47. The van der Waals surface area contributed by atoms with Crippen LogP contribution in [0.15, 0.2) is 42.5 Å². The van der Waals surface area contributed by atoms with Crippen LogP contribution in [0.4, 0.5) is 0 Å². The predicted molar refractivity (Wildman–Crippen MR) is 87.0 cm³/mol. The number of nitrogens with zero attached hydrogens (tertiary/aromatic N) is 2. The number of amides is 1. The predicted octanol–water partition coefficient (Wildman–Crippen LogP) is 1.65. The van der Waals surface area contributed by atoms with Crippen LogP contribution in [0.5, 0.6) is 5.88 Å². The minimum Gasteiger partial charge on any atom is -0.481 e. The van der Waals surface area contributed by atoms with Gasteiger partial charge in [0, 0.05) is 12.6 Å². The molecule has 0 bridgehead atoms. The van der Waals surface area contributed by atoms with Gasteiger partial charge in [-0.1, -0.05) is 37.3 Å². The third-order valence-corrected chi connectivity index (χ3v) is 3.97. The highest BCUT2D eigenvalue weighted by atomic mass is 16.5. The fraction of sp³-hybridized carbons (Fsp3) is 0.294. The van der Waals surface area contributed by atoms with Crippen molar-refractivity contribution in [3.05, 3.63) is 53.7 Å². The first-order valence-electron chi connectivity index (χ1n) is 7.48. The van der Waals surface area contributed by atoms with E-state index >= 15 is 0 Å². The Morgan fingerprint density at radius 3 is 2.38 bits per heavy atom. The number of ether oxygens (including phenoxy) is 1. The lowest BCUT2D eigenvalue weighted by atomic mass is 9.78. The van der Waals surface area contributed by atoms with Gasteiger partial charge in [-0.25, -0.2) is 0 Å². The zero-order chi connectivity index (χ0) is 17.6. The van der Waals surface area contributed by atoms with E-state index in [1.807, 2.05) is 6.07 Å². The molecule has 1 amide bonds. The number of nitrogens with one attached hydrogen (secondary N) is 1. The maximum Gasteiger partial charge on any atom is 0.315 e. The molecule has 1 unspecified atom stereocenters. The van der Waals surface area contributed by atoms with Crippen molar-refractivity contribution >= 4 is 11.9 Å². The quantitative estimate of drug-likeness (QED) is 0.801. The van der Waals surface area contributed by atoms with Gasteiger partial charge >= 0.3 is 5.97 Å². The van der Waals surface area contributed by atoms with Crippen molar-refractivity contribution < 1.29 is 19.4 Å². The number of carboxylic acid groups (broad SMARTS) is 1. The highest BCUT2D eigenvalue weighted by molar-refractivity contribution is 5.93. The summed E-state index contributed by atoms with van der Waals surface area (Å²) in [5, 5.41) is 19.9. The molecule has 2 N–H and O–H groups in total. The molecular weight excluding hydrogens is 310 g/mol. The minimum atomic E-state index is -1.20. The number of hydrogen-bond donors (Lipinski definition) is 2. The summed E-state index contributed by atoms with van der Waals surface area (Å²) in [4.78, 5) is 24.1. The van der Waals surface area contributed by atoms with Gasteiger partial charge in [0.1, 0.15) is 5.41 Å². The van der Waals surface area contributed by atoms with Crippen molar-refractivity contribution in [1.29, 1.82) is 0 Å². The highest BCUT2D eigenvalue weighted by Gasteiger charge is 2.39. The number of carbonyl (C=O) groups excluding carboxylic acids is 1. The van der Waals surface area contributed by atoms with Crippen molar-refractivity contribution in [2.75, 3.05) is 13.7 Å². The van der Waals surface area contributed by atoms with Crippen molar-refractivity contribution in [3.63, 3.8) is 0 Å². The number of benzene rings is 1. The average molecular weight is 329 g/mol. The van der Waals surface area contributed by atoms with Crippen LogP contribution in [-0.4, -0.2) is 40.8 Å². The molecular formula is C17H19N3O4. The van der Waals surface area contributed by atoms with Crippen LogP contribution in [0.2, 0.25) is 0 Å². The topological polar surface area (TPSA) is 101 Å². The highest BCUT2D eigenvalue weighted by Crippen LogP contribution is 2.28. The summed E-state index contributed by atoms with van der Waals surface area (Å²) >= 11 is 0. The normalized spacial score (nSPS) is 12.9. The Hall–Kier alpha value is -2.96. The lowest BCUT2D eigenvalue weighted by Gasteiger charge is -2.29. The molecule has 126 valence electrons. The average Bonchev–Trinajstić information content (AvgIpc) is 2.63. The van der Waals surface area contributed by atoms with E-state index in [2.05, 4.69) is 15.5 Å². The molecule has 1 atom stereocenters. The Bertz CT molecular complexity index is 704. The molecule has 1 heterocycles. The first-order chi connectivity index (χ1) is 11.5. The second kappa shape index (κ2) is 7.54. The van der Waals surface area contributed by atoms with Crippen molar-refractivity contribution in [2.45, 2.75) is 18.8 Å². The van der Waals surface area contributed by atoms with Gasteiger partial charge in [0.2, 0.25) is 5.88 Å². The summed E-state index contributed by atoms with van der Waals surface area (Å²) in [7, 11) is 1.45. The maximum absolute atomic E-state index is 12.2. The lowest BCUT2D eigenvalue weighted by molar-refractivity contribution is -0.143. The fourth-order valence-corrected chi connectivity index (χ4v) is 2.41. The van der Waals surface area contributed by atoms with Gasteiger partial charge in [0.15, 0.2) is 5.69 Å². The van der Waals surface area contributed by atoms with E-state index in [0.29, 0.717) is 17.9 Å². The van der Waals surface area contributed by atoms with Crippen molar-refractivity contribution in [3.8, 4) is 5.88 Å². The summed E-state index contributed by atoms with van der Waals surface area (Å²) in [6.45, 7) is 1.73. The van der Waals surface area contributed by atoms with Crippen LogP contribution in [0.1, 0.15) is 29.4 Å².